The lowest BCUT2D eigenvalue weighted by Crippen LogP contribution is -2.45. The van der Waals surface area contributed by atoms with E-state index in [0.29, 0.717) is 23.7 Å². The van der Waals surface area contributed by atoms with E-state index in [9.17, 15) is 13.2 Å². The summed E-state index contributed by atoms with van der Waals surface area (Å²) in [7, 11) is -3.67. The van der Waals surface area contributed by atoms with Crippen molar-refractivity contribution < 1.29 is 17.9 Å². The van der Waals surface area contributed by atoms with E-state index in [1.807, 2.05) is 26.0 Å². The molecule has 0 bridgehead atoms. The van der Waals surface area contributed by atoms with Crippen molar-refractivity contribution in [2.45, 2.75) is 26.8 Å². The van der Waals surface area contributed by atoms with Crippen LogP contribution in [0.25, 0.3) is 0 Å². The zero-order valence-electron chi connectivity index (χ0n) is 15.7. The van der Waals surface area contributed by atoms with E-state index in [-0.39, 0.29) is 0 Å². The first-order valence-electron chi connectivity index (χ1n) is 8.42. The van der Waals surface area contributed by atoms with Crippen LogP contribution in [-0.4, -0.2) is 33.2 Å². The molecule has 6 nitrogen and oxygen atoms in total. The molecule has 2 aromatic carbocycles. The van der Waals surface area contributed by atoms with Crippen molar-refractivity contribution in [1.82, 2.24) is 0 Å². The molecule has 1 N–H and O–H groups in total. The van der Waals surface area contributed by atoms with Crippen molar-refractivity contribution in [3.63, 3.8) is 0 Å². The first kappa shape index (κ1) is 21.2. The minimum Gasteiger partial charge on any atom is -0.494 e. The second-order valence-corrected chi connectivity index (χ2v) is 8.83. The number of carbonyl (C=O) groups excluding carboxylic acids is 1. The predicted molar refractivity (Wildman–Crippen MR) is 112 cm³/mol. The summed E-state index contributed by atoms with van der Waals surface area (Å²) in [5.41, 5.74) is 1.97. The molecule has 27 heavy (non-hydrogen) atoms. The monoisotopic (exact) mass is 454 g/mol. The van der Waals surface area contributed by atoms with Crippen LogP contribution in [-0.2, 0) is 14.8 Å². The molecule has 0 unspecified atom stereocenters. The Balaban J connectivity index is 2.27. The van der Waals surface area contributed by atoms with Gasteiger partial charge in [-0.25, -0.2) is 8.42 Å². The number of nitrogens with zero attached hydrogens (tertiary/aromatic N) is 1. The van der Waals surface area contributed by atoms with Gasteiger partial charge in [0.15, 0.2) is 0 Å². The highest BCUT2D eigenvalue weighted by Gasteiger charge is 2.29. The number of sulfonamides is 1. The normalized spacial score (nSPS) is 12.3. The number of hydrogen-bond acceptors (Lipinski definition) is 4. The van der Waals surface area contributed by atoms with Crippen molar-refractivity contribution in [2.75, 3.05) is 22.5 Å². The molecule has 1 amide bonds. The van der Waals surface area contributed by atoms with Gasteiger partial charge in [0.25, 0.3) is 0 Å². The van der Waals surface area contributed by atoms with Gasteiger partial charge in [-0.15, -0.1) is 0 Å². The van der Waals surface area contributed by atoms with E-state index in [1.54, 1.807) is 37.3 Å². The molecule has 0 saturated heterocycles. The zero-order valence-corrected chi connectivity index (χ0v) is 18.1. The van der Waals surface area contributed by atoms with Crippen LogP contribution in [0.15, 0.2) is 46.9 Å². The molecule has 0 saturated carbocycles. The van der Waals surface area contributed by atoms with Crippen LogP contribution in [0.2, 0.25) is 0 Å². The third-order valence-corrected chi connectivity index (χ3v) is 6.05. The maximum absolute atomic E-state index is 12.7. The lowest BCUT2D eigenvalue weighted by Gasteiger charge is -2.28. The van der Waals surface area contributed by atoms with E-state index in [2.05, 4.69) is 21.2 Å². The topological polar surface area (TPSA) is 75.7 Å². The second-order valence-electron chi connectivity index (χ2n) is 6.11. The van der Waals surface area contributed by atoms with Crippen LogP contribution < -0.4 is 14.4 Å². The molecule has 2 aromatic rings. The smallest absolute Gasteiger partial charge is 0.247 e. The maximum atomic E-state index is 12.7. The minimum absolute atomic E-state index is 0.399. The second kappa shape index (κ2) is 8.75. The number of nitrogens with one attached hydrogen (secondary N) is 1. The highest BCUT2D eigenvalue weighted by molar-refractivity contribution is 9.10. The largest absolute Gasteiger partial charge is 0.494 e. The molecule has 0 aromatic heterocycles. The molecule has 0 aliphatic carbocycles. The van der Waals surface area contributed by atoms with Crippen LogP contribution in [0.1, 0.15) is 19.4 Å². The Morgan fingerprint density at radius 3 is 2.37 bits per heavy atom. The quantitative estimate of drug-likeness (QED) is 0.686. The van der Waals surface area contributed by atoms with Gasteiger partial charge in [0, 0.05) is 10.2 Å². The Bertz CT molecular complexity index is 914. The summed E-state index contributed by atoms with van der Waals surface area (Å²) in [6.45, 7) is 5.85. The summed E-state index contributed by atoms with van der Waals surface area (Å²) in [6, 6.07) is 11.1. The maximum Gasteiger partial charge on any atom is 0.247 e. The fourth-order valence-corrected chi connectivity index (χ4v) is 4.06. The van der Waals surface area contributed by atoms with E-state index in [1.165, 1.54) is 0 Å². The van der Waals surface area contributed by atoms with Crippen molar-refractivity contribution >= 4 is 43.2 Å². The van der Waals surface area contributed by atoms with Crippen LogP contribution in [0, 0.1) is 6.92 Å². The number of hydrogen-bond donors (Lipinski definition) is 1. The van der Waals surface area contributed by atoms with Gasteiger partial charge >= 0.3 is 0 Å². The van der Waals surface area contributed by atoms with Crippen molar-refractivity contribution in [3.8, 4) is 5.75 Å². The van der Waals surface area contributed by atoms with E-state index in [4.69, 9.17) is 4.74 Å². The van der Waals surface area contributed by atoms with Crippen molar-refractivity contribution in [3.05, 3.63) is 52.5 Å². The van der Waals surface area contributed by atoms with Gasteiger partial charge in [-0.3, -0.25) is 9.10 Å². The van der Waals surface area contributed by atoms with E-state index < -0.39 is 22.0 Å². The number of aryl methyl sites for hydroxylation is 1. The summed E-state index contributed by atoms with van der Waals surface area (Å²) in [4.78, 5) is 12.7. The third kappa shape index (κ3) is 5.46. The van der Waals surface area contributed by atoms with Crippen molar-refractivity contribution in [2.24, 2.45) is 0 Å². The van der Waals surface area contributed by atoms with Gasteiger partial charge in [-0.2, -0.15) is 0 Å². The fraction of sp³-hybridized carbons (Fsp3) is 0.316. The van der Waals surface area contributed by atoms with Gasteiger partial charge in [0.2, 0.25) is 15.9 Å². The lowest BCUT2D eigenvalue weighted by molar-refractivity contribution is -0.116. The molecular formula is C19H23BrN2O4S. The Morgan fingerprint density at radius 1 is 1.22 bits per heavy atom. The number of benzene rings is 2. The summed E-state index contributed by atoms with van der Waals surface area (Å²) >= 11 is 3.41. The average molecular weight is 455 g/mol. The molecule has 0 radical (unpaired) electrons. The SMILES string of the molecule is CCOc1ccc(N([C@H](C)C(=O)Nc2ccc(Br)c(C)c2)S(C)(=O)=O)cc1. The number of amides is 1. The summed E-state index contributed by atoms with van der Waals surface area (Å²) in [5, 5.41) is 2.77. The molecule has 146 valence electrons. The molecular weight excluding hydrogens is 432 g/mol. The Hall–Kier alpha value is -2.06. The van der Waals surface area contributed by atoms with Gasteiger partial charge in [0.05, 0.1) is 18.6 Å². The molecule has 0 aliphatic heterocycles. The van der Waals surface area contributed by atoms with Gasteiger partial charge in [0.1, 0.15) is 11.8 Å². The predicted octanol–water partition coefficient (Wildman–Crippen LogP) is 3.95. The Labute approximate surface area is 168 Å². The summed E-state index contributed by atoms with van der Waals surface area (Å²) in [6.07, 6.45) is 1.08. The molecule has 2 rings (SSSR count). The lowest BCUT2D eigenvalue weighted by atomic mass is 10.2. The third-order valence-electron chi connectivity index (χ3n) is 3.92. The number of carbonyl (C=O) groups is 1. The molecule has 1 atom stereocenters. The summed E-state index contributed by atoms with van der Waals surface area (Å²) < 4.78 is 32.1. The van der Waals surface area contributed by atoms with Crippen molar-refractivity contribution in [1.29, 1.82) is 0 Å². The van der Waals surface area contributed by atoms with Crippen LogP contribution in [0.3, 0.4) is 0 Å². The molecule has 8 heteroatoms. The van der Waals surface area contributed by atoms with Crippen LogP contribution in [0.5, 0.6) is 5.75 Å². The number of anilines is 2. The first-order valence-corrected chi connectivity index (χ1v) is 11.1. The molecule has 0 spiro atoms. The fourth-order valence-electron chi connectivity index (χ4n) is 2.63. The molecule has 0 fully saturated rings. The van der Waals surface area contributed by atoms with Gasteiger partial charge in [-0.1, -0.05) is 15.9 Å². The first-order chi connectivity index (χ1) is 12.6. The van der Waals surface area contributed by atoms with E-state index >= 15 is 0 Å². The molecule has 0 heterocycles. The highest BCUT2D eigenvalue weighted by atomic mass is 79.9. The van der Waals surface area contributed by atoms with Crippen LogP contribution in [0.4, 0.5) is 11.4 Å². The number of rotatable bonds is 7. The summed E-state index contributed by atoms with van der Waals surface area (Å²) in [5.74, 6) is 0.216. The average Bonchev–Trinajstić information content (AvgIpc) is 2.59. The Kier molecular flexibility index (Phi) is 6.89. The Morgan fingerprint density at radius 2 is 1.85 bits per heavy atom. The molecule has 0 aliphatic rings. The number of halogens is 1. The zero-order chi connectivity index (χ0) is 20.2. The number of ether oxygens (including phenoxy) is 1. The standard InChI is InChI=1S/C19H23BrN2O4S/c1-5-26-17-9-7-16(8-10-17)22(27(4,24)25)14(3)19(23)21-15-6-11-18(20)13(2)12-15/h6-12,14H,5H2,1-4H3,(H,21,23)/t14-/m1/s1. The van der Waals surface area contributed by atoms with Gasteiger partial charge < -0.3 is 10.1 Å². The van der Waals surface area contributed by atoms with Gasteiger partial charge in [-0.05, 0) is 68.8 Å². The van der Waals surface area contributed by atoms with Crippen LogP contribution >= 0.6 is 15.9 Å². The van der Waals surface area contributed by atoms with E-state index in [0.717, 1.165) is 20.6 Å². The minimum atomic E-state index is -3.67. The highest BCUT2D eigenvalue weighted by Crippen LogP contribution is 2.25.